The van der Waals surface area contributed by atoms with Crippen molar-refractivity contribution >= 4 is 0 Å². The SMILES string of the molecule is [C]1=CC=CC=C2C1OC1=CC=CCN12. The molecule has 2 heterocycles. The first kappa shape index (κ1) is 7.68. The fraction of sp³-hybridized carbons (Fsp3) is 0.167. The van der Waals surface area contributed by atoms with E-state index in [0.29, 0.717) is 0 Å². The molecule has 1 radical (unpaired) electrons. The number of allylic oxidation sites excluding steroid dienone is 6. The van der Waals surface area contributed by atoms with Gasteiger partial charge in [0.25, 0.3) is 0 Å². The van der Waals surface area contributed by atoms with Crippen molar-refractivity contribution in [3.05, 3.63) is 60.2 Å². The molecule has 2 aliphatic heterocycles. The summed E-state index contributed by atoms with van der Waals surface area (Å²) >= 11 is 0. The van der Waals surface area contributed by atoms with Crippen molar-refractivity contribution in [1.82, 2.24) is 4.90 Å². The summed E-state index contributed by atoms with van der Waals surface area (Å²) in [6.07, 6.45) is 17.3. The number of rotatable bonds is 0. The average molecular weight is 184 g/mol. The van der Waals surface area contributed by atoms with E-state index in [1.165, 1.54) is 5.70 Å². The molecule has 2 nitrogen and oxygen atoms in total. The predicted molar refractivity (Wildman–Crippen MR) is 53.8 cm³/mol. The number of hydrogen-bond acceptors (Lipinski definition) is 2. The van der Waals surface area contributed by atoms with Crippen LogP contribution in [0.25, 0.3) is 0 Å². The first-order valence-corrected chi connectivity index (χ1v) is 4.72. The maximum absolute atomic E-state index is 5.73. The number of fused-ring (bicyclic) bond motifs is 3. The zero-order valence-corrected chi connectivity index (χ0v) is 7.68. The van der Waals surface area contributed by atoms with E-state index in [1.54, 1.807) is 0 Å². The van der Waals surface area contributed by atoms with E-state index in [2.05, 4.69) is 23.1 Å². The second-order valence-electron chi connectivity index (χ2n) is 3.35. The Kier molecular flexibility index (Phi) is 1.60. The standard InChI is InChI=1S/C12H10NO/c1-2-6-10-11(7-3-1)14-12-8-4-5-9-13(10)12/h1-6,8,11H,9H2. The molecule has 3 rings (SSSR count). The van der Waals surface area contributed by atoms with Gasteiger partial charge in [-0.15, -0.1) is 0 Å². The highest BCUT2D eigenvalue weighted by atomic mass is 16.5. The van der Waals surface area contributed by atoms with Crippen LogP contribution in [0, 0.1) is 6.08 Å². The largest absolute Gasteiger partial charge is 0.464 e. The molecule has 0 aromatic rings. The van der Waals surface area contributed by atoms with Crippen LogP contribution in [0.3, 0.4) is 0 Å². The molecule has 1 fully saturated rings. The minimum absolute atomic E-state index is 0.0313. The van der Waals surface area contributed by atoms with E-state index in [-0.39, 0.29) is 6.10 Å². The van der Waals surface area contributed by atoms with E-state index >= 15 is 0 Å². The number of nitrogens with zero attached hydrogens (tertiary/aromatic N) is 1. The van der Waals surface area contributed by atoms with Crippen LogP contribution in [0.4, 0.5) is 0 Å². The molecule has 0 bridgehead atoms. The van der Waals surface area contributed by atoms with Crippen LogP contribution in [0.15, 0.2) is 54.1 Å². The minimum atomic E-state index is -0.0313. The lowest BCUT2D eigenvalue weighted by atomic mass is 10.2. The molecule has 0 aromatic carbocycles. The van der Waals surface area contributed by atoms with Gasteiger partial charge in [-0.1, -0.05) is 30.4 Å². The summed E-state index contributed by atoms with van der Waals surface area (Å²) in [5.74, 6) is 0.931. The van der Waals surface area contributed by atoms with Crippen molar-refractivity contribution in [1.29, 1.82) is 0 Å². The fourth-order valence-electron chi connectivity index (χ4n) is 1.80. The molecular weight excluding hydrogens is 174 g/mol. The summed E-state index contributed by atoms with van der Waals surface area (Å²) in [5.41, 5.74) is 1.17. The molecule has 0 aromatic heterocycles. The van der Waals surface area contributed by atoms with Gasteiger partial charge in [-0.05, 0) is 12.2 Å². The monoisotopic (exact) mass is 184 g/mol. The molecule has 69 valence electrons. The van der Waals surface area contributed by atoms with Gasteiger partial charge in [0.15, 0.2) is 12.0 Å². The summed E-state index contributed by atoms with van der Waals surface area (Å²) in [6.45, 7) is 0.893. The summed E-state index contributed by atoms with van der Waals surface area (Å²) in [5, 5.41) is 0. The Balaban J connectivity index is 2.03. The first-order valence-electron chi connectivity index (χ1n) is 4.72. The van der Waals surface area contributed by atoms with Crippen LogP contribution in [0.2, 0.25) is 0 Å². The summed E-state index contributed by atoms with van der Waals surface area (Å²) in [7, 11) is 0. The summed E-state index contributed by atoms with van der Waals surface area (Å²) in [6, 6.07) is 0. The lowest BCUT2D eigenvalue weighted by Gasteiger charge is -2.18. The van der Waals surface area contributed by atoms with Gasteiger partial charge in [-0.3, -0.25) is 0 Å². The molecule has 2 heteroatoms. The van der Waals surface area contributed by atoms with Gasteiger partial charge in [0.1, 0.15) is 0 Å². The highest BCUT2D eigenvalue weighted by molar-refractivity contribution is 5.33. The van der Waals surface area contributed by atoms with Crippen LogP contribution in [0.1, 0.15) is 0 Å². The third kappa shape index (κ3) is 1.04. The van der Waals surface area contributed by atoms with Gasteiger partial charge in [0, 0.05) is 12.6 Å². The molecule has 0 saturated carbocycles. The highest BCUT2D eigenvalue weighted by Gasteiger charge is 2.32. The Bertz CT molecular complexity index is 399. The maximum atomic E-state index is 5.73. The number of ether oxygens (including phenoxy) is 1. The van der Waals surface area contributed by atoms with E-state index in [4.69, 9.17) is 4.74 Å². The molecular formula is C12H10NO. The molecule has 0 spiro atoms. The van der Waals surface area contributed by atoms with Crippen LogP contribution >= 0.6 is 0 Å². The molecule has 1 saturated heterocycles. The Morgan fingerprint density at radius 3 is 3.29 bits per heavy atom. The Morgan fingerprint density at radius 2 is 2.29 bits per heavy atom. The van der Waals surface area contributed by atoms with Crippen LogP contribution in [-0.4, -0.2) is 17.5 Å². The third-order valence-electron chi connectivity index (χ3n) is 2.47. The summed E-state index contributed by atoms with van der Waals surface area (Å²) < 4.78 is 5.73. The molecule has 0 amide bonds. The lowest BCUT2D eigenvalue weighted by Crippen LogP contribution is -2.19. The second kappa shape index (κ2) is 2.91. The minimum Gasteiger partial charge on any atom is -0.464 e. The maximum Gasteiger partial charge on any atom is 0.195 e. The Hall–Kier alpha value is -1.70. The summed E-state index contributed by atoms with van der Waals surface area (Å²) in [4.78, 5) is 2.17. The van der Waals surface area contributed by atoms with Crippen LogP contribution in [0.5, 0.6) is 0 Å². The normalized spacial score (nSPS) is 27.4. The van der Waals surface area contributed by atoms with Gasteiger partial charge in [0.2, 0.25) is 0 Å². The van der Waals surface area contributed by atoms with Gasteiger partial charge in [0.05, 0.1) is 5.70 Å². The average Bonchev–Trinajstić information content (AvgIpc) is 2.42. The lowest BCUT2D eigenvalue weighted by molar-refractivity contribution is 0.192. The van der Waals surface area contributed by atoms with Crippen LogP contribution < -0.4 is 0 Å². The quantitative estimate of drug-likeness (QED) is 0.570. The van der Waals surface area contributed by atoms with Gasteiger partial charge in [-0.25, -0.2) is 0 Å². The van der Waals surface area contributed by atoms with Gasteiger partial charge in [-0.2, -0.15) is 0 Å². The molecule has 1 atom stereocenters. The van der Waals surface area contributed by atoms with Gasteiger partial charge < -0.3 is 9.64 Å². The van der Waals surface area contributed by atoms with E-state index in [1.807, 2.05) is 30.4 Å². The van der Waals surface area contributed by atoms with E-state index < -0.39 is 0 Å². The second-order valence-corrected chi connectivity index (χ2v) is 3.35. The first-order chi connectivity index (χ1) is 6.95. The molecule has 3 aliphatic rings. The topological polar surface area (TPSA) is 12.5 Å². The number of hydrogen-bond donors (Lipinski definition) is 0. The van der Waals surface area contributed by atoms with Crippen molar-refractivity contribution in [2.75, 3.05) is 6.54 Å². The highest BCUT2D eigenvalue weighted by Crippen LogP contribution is 2.32. The molecule has 14 heavy (non-hydrogen) atoms. The van der Waals surface area contributed by atoms with E-state index in [9.17, 15) is 0 Å². The smallest absolute Gasteiger partial charge is 0.195 e. The van der Waals surface area contributed by atoms with E-state index in [0.717, 1.165) is 12.4 Å². The Labute approximate surface area is 83.2 Å². The molecule has 1 aliphatic carbocycles. The molecule has 1 unspecified atom stereocenters. The van der Waals surface area contributed by atoms with Crippen LogP contribution in [-0.2, 0) is 4.74 Å². The van der Waals surface area contributed by atoms with Gasteiger partial charge >= 0.3 is 0 Å². The molecule has 0 N–H and O–H groups in total. The zero-order chi connectivity index (χ0) is 9.38. The van der Waals surface area contributed by atoms with Crippen molar-refractivity contribution in [3.8, 4) is 0 Å². The third-order valence-corrected chi connectivity index (χ3v) is 2.47. The fourth-order valence-corrected chi connectivity index (χ4v) is 1.80. The van der Waals surface area contributed by atoms with Crippen molar-refractivity contribution in [2.45, 2.75) is 6.10 Å². The van der Waals surface area contributed by atoms with Crippen molar-refractivity contribution in [2.24, 2.45) is 0 Å². The predicted octanol–water partition coefficient (Wildman–Crippen LogP) is 1.91. The van der Waals surface area contributed by atoms with Crippen molar-refractivity contribution in [3.63, 3.8) is 0 Å². The van der Waals surface area contributed by atoms with Crippen molar-refractivity contribution < 1.29 is 4.74 Å². The Morgan fingerprint density at radius 1 is 1.29 bits per heavy atom. The zero-order valence-electron chi connectivity index (χ0n) is 7.68.